The molecule has 6 nitrogen and oxygen atoms in total. The molecule has 0 aliphatic heterocycles. The van der Waals surface area contributed by atoms with Gasteiger partial charge in [-0.1, -0.05) is 11.6 Å². The molecule has 18 heavy (non-hydrogen) atoms. The van der Waals surface area contributed by atoms with Gasteiger partial charge in [0, 0.05) is 20.2 Å². The Balaban J connectivity index is 2.58. The number of methoxy groups -OCH3 is 1. The Morgan fingerprint density at radius 3 is 3.00 bits per heavy atom. The molecule has 7 heteroatoms. The summed E-state index contributed by atoms with van der Waals surface area (Å²) in [4.78, 5) is 11.7. The van der Waals surface area contributed by atoms with Crippen molar-refractivity contribution in [3.63, 3.8) is 0 Å². The molecule has 0 amide bonds. The first-order valence-corrected chi connectivity index (χ1v) is 6.14. The molecule has 1 heterocycles. The zero-order chi connectivity index (χ0) is 13.5. The van der Waals surface area contributed by atoms with Gasteiger partial charge in [-0.15, -0.1) is 0 Å². The van der Waals surface area contributed by atoms with Crippen molar-refractivity contribution >= 4 is 17.3 Å². The number of hydrogen-bond acceptors (Lipinski definition) is 5. The Hall–Kier alpha value is -1.11. The second-order valence-electron chi connectivity index (χ2n) is 3.82. The molecule has 0 saturated carbocycles. The second-order valence-corrected chi connectivity index (χ2v) is 4.20. The van der Waals surface area contributed by atoms with Gasteiger partial charge in [-0.3, -0.25) is 4.79 Å². The summed E-state index contributed by atoms with van der Waals surface area (Å²) in [6.07, 6.45) is 1.47. The van der Waals surface area contributed by atoms with Gasteiger partial charge in [-0.05, 0) is 13.3 Å². The van der Waals surface area contributed by atoms with Crippen LogP contribution in [-0.4, -0.2) is 41.3 Å². The number of rotatable bonds is 7. The van der Waals surface area contributed by atoms with E-state index < -0.39 is 6.10 Å². The number of aliphatic hydroxyl groups is 1. The molecule has 0 aromatic carbocycles. The standard InChI is InChI=1S/C11H18ClN3O3/c1-3-15-11(17)10(12)9(6-14-15)13-5-4-8(16)7-18-2/h6,8,13,16H,3-5,7H2,1-2H3. The molecule has 1 rings (SSSR count). The molecule has 0 aliphatic carbocycles. The SMILES string of the molecule is CCn1ncc(NCCC(O)COC)c(Cl)c1=O. The van der Waals surface area contributed by atoms with Gasteiger partial charge in [0.2, 0.25) is 0 Å². The number of aryl methyl sites for hydroxylation is 1. The van der Waals surface area contributed by atoms with Crippen LogP contribution in [0.1, 0.15) is 13.3 Å². The van der Waals surface area contributed by atoms with Crippen LogP contribution in [0, 0.1) is 0 Å². The van der Waals surface area contributed by atoms with Crippen LogP contribution in [-0.2, 0) is 11.3 Å². The van der Waals surface area contributed by atoms with E-state index >= 15 is 0 Å². The van der Waals surface area contributed by atoms with E-state index in [1.54, 1.807) is 0 Å². The fraction of sp³-hybridized carbons (Fsp3) is 0.636. The van der Waals surface area contributed by atoms with Crippen LogP contribution >= 0.6 is 11.6 Å². The van der Waals surface area contributed by atoms with Gasteiger partial charge in [-0.2, -0.15) is 5.10 Å². The van der Waals surface area contributed by atoms with E-state index in [4.69, 9.17) is 16.3 Å². The van der Waals surface area contributed by atoms with Crippen molar-refractivity contribution in [2.75, 3.05) is 25.6 Å². The monoisotopic (exact) mass is 275 g/mol. The smallest absolute Gasteiger partial charge is 0.287 e. The van der Waals surface area contributed by atoms with Crippen LogP contribution in [0.15, 0.2) is 11.0 Å². The van der Waals surface area contributed by atoms with E-state index in [1.165, 1.54) is 18.0 Å². The topological polar surface area (TPSA) is 76.4 Å². The van der Waals surface area contributed by atoms with E-state index in [9.17, 15) is 9.90 Å². The average Bonchev–Trinajstić information content (AvgIpc) is 2.35. The molecule has 102 valence electrons. The maximum Gasteiger partial charge on any atom is 0.287 e. The van der Waals surface area contributed by atoms with Gasteiger partial charge in [0.25, 0.3) is 5.56 Å². The lowest BCUT2D eigenvalue weighted by Crippen LogP contribution is -2.24. The quantitative estimate of drug-likeness (QED) is 0.767. The molecule has 0 spiro atoms. The minimum atomic E-state index is -0.537. The number of hydrogen-bond donors (Lipinski definition) is 2. The highest BCUT2D eigenvalue weighted by Gasteiger charge is 2.09. The van der Waals surface area contributed by atoms with Gasteiger partial charge in [0.1, 0.15) is 5.02 Å². The average molecular weight is 276 g/mol. The highest BCUT2D eigenvalue weighted by atomic mass is 35.5. The van der Waals surface area contributed by atoms with Gasteiger partial charge in [-0.25, -0.2) is 4.68 Å². The summed E-state index contributed by atoms with van der Waals surface area (Å²) in [7, 11) is 1.53. The number of nitrogens with zero attached hydrogens (tertiary/aromatic N) is 2. The number of anilines is 1. The first-order valence-electron chi connectivity index (χ1n) is 5.76. The molecule has 0 saturated heterocycles. The van der Waals surface area contributed by atoms with E-state index in [0.29, 0.717) is 25.2 Å². The highest BCUT2D eigenvalue weighted by Crippen LogP contribution is 2.15. The molecule has 0 radical (unpaired) electrons. The van der Waals surface area contributed by atoms with Gasteiger partial charge in [0.15, 0.2) is 0 Å². The summed E-state index contributed by atoms with van der Waals surface area (Å²) in [5, 5.41) is 16.5. The first-order chi connectivity index (χ1) is 8.60. The second kappa shape index (κ2) is 7.35. The zero-order valence-electron chi connectivity index (χ0n) is 10.5. The predicted molar refractivity (Wildman–Crippen MR) is 70.2 cm³/mol. The third-order valence-corrected chi connectivity index (χ3v) is 2.80. The third-order valence-electron chi connectivity index (χ3n) is 2.44. The lowest BCUT2D eigenvalue weighted by molar-refractivity contribution is 0.0615. The van der Waals surface area contributed by atoms with Crippen LogP contribution in [0.5, 0.6) is 0 Å². The van der Waals surface area contributed by atoms with Crippen molar-refractivity contribution in [1.82, 2.24) is 9.78 Å². The first kappa shape index (κ1) is 14.9. The van der Waals surface area contributed by atoms with Crippen LogP contribution < -0.4 is 10.9 Å². The lowest BCUT2D eigenvalue weighted by Gasteiger charge is -2.12. The Kier molecular flexibility index (Phi) is 6.11. The van der Waals surface area contributed by atoms with Crippen molar-refractivity contribution in [2.45, 2.75) is 26.0 Å². The fourth-order valence-corrected chi connectivity index (χ4v) is 1.68. The number of nitrogens with one attached hydrogen (secondary N) is 1. The Morgan fingerprint density at radius 2 is 2.39 bits per heavy atom. The number of ether oxygens (including phenoxy) is 1. The predicted octanol–water partition coefficient (Wildman–Crippen LogP) is 0.726. The van der Waals surface area contributed by atoms with Crippen LogP contribution in [0.25, 0.3) is 0 Å². The Morgan fingerprint density at radius 1 is 1.67 bits per heavy atom. The molecule has 0 bridgehead atoms. The van der Waals surface area contributed by atoms with Crippen molar-refractivity contribution in [1.29, 1.82) is 0 Å². The van der Waals surface area contributed by atoms with Gasteiger partial charge in [0.05, 0.1) is 24.6 Å². The minimum Gasteiger partial charge on any atom is -0.391 e. The molecule has 1 aromatic heterocycles. The maximum absolute atomic E-state index is 11.7. The Bertz CT molecular complexity index is 436. The molecule has 1 atom stereocenters. The summed E-state index contributed by atoms with van der Waals surface area (Å²) < 4.78 is 6.09. The number of halogens is 1. The summed E-state index contributed by atoms with van der Waals surface area (Å²) in [5.41, 5.74) is 0.164. The van der Waals surface area contributed by atoms with Crippen molar-refractivity contribution in [3.8, 4) is 0 Å². The van der Waals surface area contributed by atoms with Crippen LogP contribution in [0.2, 0.25) is 5.02 Å². The summed E-state index contributed by atoms with van der Waals surface area (Å²) in [6.45, 7) is 3.07. The highest BCUT2D eigenvalue weighted by molar-refractivity contribution is 6.32. The zero-order valence-corrected chi connectivity index (χ0v) is 11.3. The number of aliphatic hydroxyl groups excluding tert-OH is 1. The van der Waals surface area contributed by atoms with Crippen molar-refractivity contribution in [2.24, 2.45) is 0 Å². The van der Waals surface area contributed by atoms with Gasteiger partial charge < -0.3 is 15.2 Å². The molecule has 0 aliphatic rings. The van der Waals surface area contributed by atoms with E-state index in [1.807, 2.05) is 6.92 Å². The van der Waals surface area contributed by atoms with Crippen molar-refractivity contribution < 1.29 is 9.84 Å². The Labute approximate surface area is 111 Å². The molecular formula is C11H18ClN3O3. The maximum atomic E-state index is 11.7. The molecule has 2 N–H and O–H groups in total. The normalized spacial score (nSPS) is 12.4. The van der Waals surface area contributed by atoms with Crippen molar-refractivity contribution in [3.05, 3.63) is 21.6 Å². The molecular weight excluding hydrogens is 258 g/mol. The summed E-state index contributed by atoms with van der Waals surface area (Å²) in [6, 6.07) is 0. The summed E-state index contributed by atoms with van der Waals surface area (Å²) >= 11 is 5.93. The van der Waals surface area contributed by atoms with Gasteiger partial charge >= 0.3 is 0 Å². The third kappa shape index (κ3) is 3.97. The van der Waals surface area contributed by atoms with E-state index in [0.717, 1.165) is 0 Å². The number of aromatic nitrogens is 2. The summed E-state index contributed by atoms with van der Waals surface area (Å²) in [5.74, 6) is 0. The molecule has 1 unspecified atom stereocenters. The fourth-order valence-electron chi connectivity index (χ4n) is 1.46. The molecule has 1 aromatic rings. The minimum absolute atomic E-state index is 0.119. The van der Waals surface area contributed by atoms with E-state index in [2.05, 4.69) is 10.4 Å². The van der Waals surface area contributed by atoms with E-state index in [-0.39, 0.29) is 17.2 Å². The van der Waals surface area contributed by atoms with Crippen LogP contribution in [0.4, 0.5) is 5.69 Å². The molecule has 0 fully saturated rings. The lowest BCUT2D eigenvalue weighted by atomic mass is 10.2. The van der Waals surface area contributed by atoms with Crippen LogP contribution in [0.3, 0.4) is 0 Å². The largest absolute Gasteiger partial charge is 0.391 e.